The van der Waals surface area contributed by atoms with E-state index in [1.54, 1.807) is 4.72 Å². The minimum absolute atomic E-state index is 0.260. The zero-order valence-corrected chi connectivity index (χ0v) is 16.8. The molecule has 1 aliphatic heterocycles. The van der Waals surface area contributed by atoms with Gasteiger partial charge in [0.25, 0.3) is 5.91 Å². The fourth-order valence-corrected chi connectivity index (χ4v) is 4.02. The van der Waals surface area contributed by atoms with E-state index in [-0.39, 0.29) is 11.4 Å². The number of phenolic OH excluding ortho intramolecular Hbond substituents is 1. The first-order valence-corrected chi connectivity index (χ1v) is 9.95. The Bertz CT molecular complexity index is 1180. The van der Waals surface area contributed by atoms with Crippen LogP contribution in [0.4, 0.5) is 39.4 Å². The number of urea groups is 1. The van der Waals surface area contributed by atoms with E-state index in [0.29, 0.717) is 16.4 Å². The lowest BCUT2D eigenvalue weighted by atomic mass is 10.1. The van der Waals surface area contributed by atoms with Gasteiger partial charge in [0.1, 0.15) is 23.7 Å². The Hall–Kier alpha value is -3.75. The van der Waals surface area contributed by atoms with Crippen LogP contribution in [-0.4, -0.2) is 39.1 Å². The van der Waals surface area contributed by atoms with Crippen LogP contribution in [0.1, 0.15) is 5.56 Å². The fourth-order valence-electron chi connectivity index (χ4n) is 2.85. The first-order valence-electron chi connectivity index (χ1n) is 8.51. The number of nitrogens with one attached hydrogen (secondary N) is 3. The largest absolute Gasteiger partial charge is 0.506 e. The summed E-state index contributed by atoms with van der Waals surface area (Å²) in [6.45, 7) is -0.765. The zero-order valence-electron chi connectivity index (χ0n) is 15.9. The van der Waals surface area contributed by atoms with Gasteiger partial charge in [-0.25, -0.2) is 18.2 Å². The lowest BCUT2D eigenvalue weighted by Gasteiger charge is -2.18. The quantitative estimate of drug-likeness (QED) is 0.498. The van der Waals surface area contributed by atoms with E-state index in [2.05, 4.69) is 15.4 Å². The van der Waals surface area contributed by atoms with Gasteiger partial charge in [-0.1, -0.05) is 0 Å². The zero-order chi connectivity index (χ0) is 23.8. The molecule has 10 nitrogen and oxygen atoms in total. The molecule has 0 bridgehead atoms. The number of anilines is 3. The molecule has 15 heteroatoms. The van der Waals surface area contributed by atoms with Gasteiger partial charge < -0.3 is 20.5 Å². The number of aromatic hydroxyl groups is 1. The number of phenols is 1. The van der Waals surface area contributed by atoms with Gasteiger partial charge in [-0.2, -0.15) is 21.6 Å². The third-order valence-electron chi connectivity index (χ3n) is 4.13. The number of hydrogen-bond acceptors (Lipinski definition) is 6. The molecule has 2 aromatic carbocycles. The predicted molar refractivity (Wildman–Crippen MR) is 103 cm³/mol. The molecule has 1 heterocycles. The van der Waals surface area contributed by atoms with Crippen molar-refractivity contribution >= 4 is 39.2 Å². The summed E-state index contributed by atoms with van der Waals surface area (Å²) < 4.78 is 83.9. The smallest absolute Gasteiger partial charge is 0.420 e. The summed E-state index contributed by atoms with van der Waals surface area (Å²) in [5.74, 6) is -3.60. The average molecular weight is 478 g/mol. The van der Waals surface area contributed by atoms with E-state index in [9.17, 15) is 40.7 Å². The van der Waals surface area contributed by atoms with Gasteiger partial charge in [0.15, 0.2) is 5.82 Å². The van der Waals surface area contributed by atoms with Crippen LogP contribution in [-0.2, 0) is 21.2 Å². The Morgan fingerprint density at radius 2 is 1.84 bits per heavy atom. The van der Waals surface area contributed by atoms with Crippen LogP contribution in [0.5, 0.6) is 11.5 Å². The molecule has 172 valence electrons. The van der Waals surface area contributed by atoms with Gasteiger partial charge in [0, 0.05) is 17.4 Å². The van der Waals surface area contributed by atoms with Crippen molar-refractivity contribution in [2.24, 2.45) is 0 Å². The summed E-state index contributed by atoms with van der Waals surface area (Å²) in [7, 11) is -3.35. The predicted octanol–water partition coefficient (Wildman–Crippen LogP) is 2.38. The van der Waals surface area contributed by atoms with Crippen molar-refractivity contribution < 1.29 is 45.4 Å². The molecule has 32 heavy (non-hydrogen) atoms. The molecule has 0 saturated carbocycles. The van der Waals surface area contributed by atoms with E-state index in [0.717, 1.165) is 25.3 Å². The summed E-state index contributed by atoms with van der Waals surface area (Å²) in [5, 5.41) is 14.2. The van der Waals surface area contributed by atoms with E-state index >= 15 is 0 Å². The maximum absolute atomic E-state index is 14.5. The van der Waals surface area contributed by atoms with Crippen molar-refractivity contribution in [3.63, 3.8) is 0 Å². The van der Waals surface area contributed by atoms with Gasteiger partial charge in [0.05, 0.1) is 12.7 Å². The summed E-state index contributed by atoms with van der Waals surface area (Å²) in [5.41, 5.74) is -2.56. The molecule has 0 spiro atoms. The molecule has 3 amide bonds. The highest BCUT2D eigenvalue weighted by Gasteiger charge is 2.37. The number of benzene rings is 2. The van der Waals surface area contributed by atoms with Crippen molar-refractivity contribution in [2.75, 3.05) is 28.6 Å². The van der Waals surface area contributed by atoms with Crippen molar-refractivity contribution in [1.82, 2.24) is 4.72 Å². The van der Waals surface area contributed by atoms with Crippen molar-refractivity contribution in [3.8, 4) is 11.5 Å². The number of carbonyl (C=O) groups is 2. The van der Waals surface area contributed by atoms with Gasteiger partial charge in [-0.15, -0.1) is 0 Å². The van der Waals surface area contributed by atoms with Crippen LogP contribution < -0.4 is 24.4 Å². The van der Waals surface area contributed by atoms with Gasteiger partial charge in [-0.05, 0) is 24.3 Å². The molecule has 4 N–H and O–H groups in total. The molecule has 0 unspecified atom stereocenters. The highest BCUT2D eigenvalue weighted by atomic mass is 32.2. The van der Waals surface area contributed by atoms with Crippen LogP contribution in [0.25, 0.3) is 0 Å². The molecule has 0 aliphatic carbocycles. The Morgan fingerprint density at radius 1 is 1.19 bits per heavy atom. The maximum Gasteiger partial charge on any atom is 0.420 e. The van der Waals surface area contributed by atoms with Crippen LogP contribution >= 0.6 is 0 Å². The molecule has 1 aliphatic rings. The van der Waals surface area contributed by atoms with E-state index < -0.39 is 63.4 Å². The van der Waals surface area contributed by atoms with E-state index in [1.807, 2.05) is 0 Å². The minimum Gasteiger partial charge on any atom is -0.506 e. The lowest BCUT2D eigenvalue weighted by Crippen LogP contribution is -2.30. The number of rotatable bonds is 4. The number of halogens is 4. The van der Waals surface area contributed by atoms with E-state index in [1.165, 1.54) is 0 Å². The van der Waals surface area contributed by atoms with Crippen LogP contribution in [0.15, 0.2) is 30.3 Å². The summed E-state index contributed by atoms with van der Waals surface area (Å²) in [4.78, 5) is 23.4. The SMILES string of the molecule is COc1ccc(NC(=O)Nc2cc(O)c(N3CC(=O)NS3(=O)=O)c(F)c2)cc1C(F)(F)F. The van der Waals surface area contributed by atoms with Crippen molar-refractivity contribution in [3.05, 3.63) is 41.7 Å². The van der Waals surface area contributed by atoms with Crippen molar-refractivity contribution in [2.45, 2.75) is 6.18 Å². The average Bonchev–Trinajstić information content (AvgIpc) is 2.92. The summed E-state index contributed by atoms with van der Waals surface area (Å²) in [6.07, 6.45) is -4.75. The molecule has 0 atom stereocenters. The molecule has 1 fully saturated rings. The number of amides is 3. The standard InChI is InChI=1S/C17H14F4N4O6S/c1-31-13-3-2-8(4-10(13)17(19,20)21)22-16(28)23-9-5-11(18)15(12(26)6-9)25-7-14(27)24-32(25,29)30/h2-6,26H,7H2,1H3,(H,24,27)(H2,22,23,28). The Balaban J connectivity index is 1.80. The third kappa shape index (κ3) is 4.61. The van der Waals surface area contributed by atoms with Crippen LogP contribution in [0.2, 0.25) is 0 Å². The summed E-state index contributed by atoms with van der Waals surface area (Å²) >= 11 is 0. The lowest BCUT2D eigenvalue weighted by molar-refractivity contribution is -0.138. The minimum atomic E-state index is -4.75. The highest BCUT2D eigenvalue weighted by Crippen LogP contribution is 2.38. The van der Waals surface area contributed by atoms with Crippen LogP contribution in [0.3, 0.4) is 0 Å². The topological polar surface area (TPSA) is 137 Å². The number of carbonyl (C=O) groups excluding carboxylic acids is 2. The Labute approximate surface area is 178 Å². The second kappa shape index (κ2) is 8.07. The molecule has 1 saturated heterocycles. The molecule has 2 aromatic rings. The number of alkyl halides is 3. The highest BCUT2D eigenvalue weighted by molar-refractivity contribution is 7.92. The molecular weight excluding hydrogens is 464 g/mol. The number of nitrogens with zero attached hydrogens (tertiary/aromatic N) is 1. The first kappa shape index (κ1) is 22.9. The monoisotopic (exact) mass is 478 g/mol. The second-order valence-corrected chi connectivity index (χ2v) is 7.95. The van der Waals surface area contributed by atoms with Gasteiger partial charge in [-0.3, -0.25) is 4.79 Å². The van der Waals surface area contributed by atoms with Gasteiger partial charge >= 0.3 is 22.4 Å². The normalized spacial score (nSPS) is 15.3. The fraction of sp³-hybridized carbons (Fsp3) is 0.176. The molecular formula is C17H14F4N4O6S. The Kier molecular flexibility index (Phi) is 5.78. The van der Waals surface area contributed by atoms with Crippen molar-refractivity contribution in [1.29, 1.82) is 0 Å². The van der Waals surface area contributed by atoms with Gasteiger partial charge in [0.2, 0.25) is 0 Å². The number of ether oxygens (including phenoxy) is 1. The third-order valence-corrected chi connectivity index (χ3v) is 5.51. The van der Waals surface area contributed by atoms with Crippen LogP contribution in [0, 0.1) is 5.82 Å². The first-order chi connectivity index (χ1) is 14.8. The Morgan fingerprint density at radius 3 is 2.38 bits per heavy atom. The molecule has 3 rings (SSSR count). The summed E-state index contributed by atoms with van der Waals surface area (Å²) in [6, 6.07) is 3.12. The molecule has 0 radical (unpaired) electrons. The molecule has 0 aromatic heterocycles. The number of hydrogen-bond donors (Lipinski definition) is 4. The maximum atomic E-state index is 14.5. The number of methoxy groups -OCH3 is 1. The second-order valence-electron chi connectivity index (χ2n) is 6.35. The van der Waals surface area contributed by atoms with E-state index in [4.69, 9.17) is 0 Å².